The second-order valence-electron chi connectivity index (χ2n) is 7.77. The first-order valence-electron chi connectivity index (χ1n) is 10.5. The quantitative estimate of drug-likeness (QED) is 0.720. The molecule has 2 aromatic carbocycles. The number of aliphatic carboxylic acids is 1. The van der Waals surface area contributed by atoms with Crippen LogP contribution in [0.5, 0.6) is 5.75 Å². The SMILES string of the molecule is CCOc1ccc(CC(=O)N(C)Cc2cccc(N3CCC(C(=O)O)CC3)c2)cc1. The van der Waals surface area contributed by atoms with E-state index < -0.39 is 5.97 Å². The molecule has 3 rings (SSSR count). The van der Waals surface area contributed by atoms with E-state index >= 15 is 0 Å². The van der Waals surface area contributed by atoms with Gasteiger partial charge in [0.05, 0.1) is 18.9 Å². The van der Waals surface area contributed by atoms with Gasteiger partial charge in [0.2, 0.25) is 5.91 Å². The number of hydrogen-bond acceptors (Lipinski definition) is 4. The third-order valence-corrected chi connectivity index (χ3v) is 5.56. The number of likely N-dealkylation sites (N-methyl/N-ethyl adjacent to an activating group) is 1. The number of carboxylic acid groups (broad SMARTS) is 1. The van der Waals surface area contributed by atoms with Crippen molar-refractivity contribution >= 4 is 17.6 Å². The molecule has 0 atom stereocenters. The molecule has 0 bridgehead atoms. The molecular formula is C24H30N2O4. The monoisotopic (exact) mass is 410 g/mol. The predicted octanol–water partition coefficient (Wildman–Crippen LogP) is 3.59. The van der Waals surface area contributed by atoms with E-state index in [1.807, 2.05) is 56.4 Å². The van der Waals surface area contributed by atoms with Gasteiger partial charge in [0, 0.05) is 32.4 Å². The first-order chi connectivity index (χ1) is 14.5. The smallest absolute Gasteiger partial charge is 0.306 e. The second-order valence-corrected chi connectivity index (χ2v) is 7.77. The van der Waals surface area contributed by atoms with Gasteiger partial charge in [-0.1, -0.05) is 24.3 Å². The average Bonchev–Trinajstić information content (AvgIpc) is 2.75. The van der Waals surface area contributed by atoms with E-state index in [9.17, 15) is 14.7 Å². The number of carbonyl (C=O) groups is 2. The highest BCUT2D eigenvalue weighted by Gasteiger charge is 2.24. The molecule has 0 unspecified atom stereocenters. The van der Waals surface area contributed by atoms with Crippen molar-refractivity contribution in [2.24, 2.45) is 5.92 Å². The van der Waals surface area contributed by atoms with Crippen LogP contribution in [-0.2, 0) is 22.6 Å². The Labute approximate surface area is 178 Å². The fourth-order valence-corrected chi connectivity index (χ4v) is 3.78. The standard InChI is InChI=1S/C24H30N2O4/c1-3-30-22-9-7-18(8-10-22)16-23(27)25(2)17-19-5-4-6-21(15-19)26-13-11-20(12-14-26)24(28)29/h4-10,15,20H,3,11-14,16-17H2,1-2H3,(H,28,29). The van der Waals surface area contributed by atoms with Crippen LogP contribution < -0.4 is 9.64 Å². The molecule has 1 aliphatic heterocycles. The molecule has 1 N–H and O–H groups in total. The first kappa shape index (κ1) is 21.7. The van der Waals surface area contributed by atoms with Gasteiger partial charge in [-0.3, -0.25) is 9.59 Å². The van der Waals surface area contributed by atoms with E-state index in [0.29, 0.717) is 32.4 Å². The summed E-state index contributed by atoms with van der Waals surface area (Å²) >= 11 is 0. The Hall–Kier alpha value is -3.02. The van der Waals surface area contributed by atoms with Crippen LogP contribution >= 0.6 is 0 Å². The molecule has 30 heavy (non-hydrogen) atoms. The van der Waals surface area contributed by atoms with E-state index in [4.69, 9.17) is 4.74 Å². The number of rotatable bonds is 8. The Bertz CT molecular complexity index is 858. The summed E-state index contributed by atoms with van der Waals surface area (Å²) < 4.78 is 5.44. The molecule has 2 aromatic rings. The number of amides is 1. The number of ether oxygens (including phenoxy) is 1. The largest absolute Gasteiger partial charge is 0.494 e. The summed E-state index contributed by atoms with van der Waals surface area (Å²) in [6.07, 6.45) is 1.69. The van der Waals surface area contributed by atoms with E-state index in [2.05, 4.69) is 11.0 Å². The van der Waals surface area contributed by atoms with Crippen molar-refractivity contribution in [2.45, 2.75) is 32.7 Å². The second kappa shape index (κ2) is 10.1. The fourth-order valence-electron chi connectivity index (χ4n) is 3.78. The van der Waals surface area contributed by atoms with Gasteiger partial charge in [0.25, 0.3) is 0 Å². The van der Waals surface area contributed by atoms with Crippen molar-refractivity contribution in [3.05, 3.63) is 59.7 Å². The summed E-state index contributed by atoms with van der Waals surface area (Å²) in [5.74, 6) is -0.0649. The summed E-state index contributed by atoms with van der Waals surface area (Å²) in [6, 6.07) is 15.8. The number of anilines is 1. The maximum Gasteiger partial charge on any atom is 0.306 e. The lowest BCUT2D eigenvalue weighted by Gasteiger charge is -2.32. The minimum Gasteiger partial charge on any atom is -0.494 e. The minimum absolute atomic E-state index is 0.0619. The number of benzene rings is 2. The molecule has 1 fully saturated rings. The van der Waals surface area contributed by atoms with E-state index in [0.717, 1.165) is 35.7 Å². The Balaban J connectivity index is 1.56. The molecule has 0 aromatic heterocycles. The number of hydrogen-bond donors (Lipinski definition) is 1. The van der Waals surface area contributed by atoms with Gasteiger partial charge in [0.1, 0.15) is 5.75 Å². The van der Waals surface area contributed by atoms with Crippen molar-refractivity contribution in [3.63, 3.8) is 0 Å². The summed E-state index contributed by atoms with van der Waals surface area (Å²) in [5.41, 5.74) is 3.12. The number of carboxylic acids is 1. The van der Waals surface area contributed by atoms with Crippen LogP contribution in [0.3, 0.4) is 0 Å². The molecule has 0 aliphatic carbocycles. The molecule has 1 amide bonds. The molecule has 0 saturated carbocycles. The zero-order chi connectivity index (χ0) is 21.5. The van der Waals surface area contributed by atoms with Crippen LogP contribution in [0.15, 0.2) is 48.5 Å². The molecule has 1 aliphatic rings. The molecule has 160 valence electrons. The highest BCUT2D eigenvalue weighted by Crippen LogP contribution is 2.24. The van der Waals surface area contributed by atoms with E-state index in [-0.39, 0.29) is 11.8 Å². The average molecular weight is 411 g/mol. The van der Waals surface area contributed by atoms with Crippen LogP contribution in [0, 0.1) is 5.92 Å². The zero-order valence-corrected chi connectivity index (χ0v) is 17.7. The Kier molecular flexibility index (Phi) is 7.33. The van der Waals surface area contributed by atoms with Crippen LogP contribution in [-0.4, -0.2) is 48.6 Å². The third kappa shape index (κ3) is 5.75. The van der Waals surface area contributed by atoms with Crippen LogP contribution in [0.4, 0.5) is 5.69 Å². The van der Waals surface area contributed by atoms with Crippen LogP contribution in [0.2, 0.25) is 0 Å². The highest BCUT2D eigenvalue weighted by atomic mass is 16.5. The maximum absolute atomic E-state index is 12.6. The van der Waals surface area contributed by atoms with Gasteiger partial charge in [-0.25, -0.2) is 0 Å². The lowest BCUT2D eigenvalue weighted by atomic mass is 9.96. The van der Waals surface area contributed by atoms with Gasteiger partial charge in [-0.2, -0.15) is 0 Å². The first-order valence-corrected chi connectivity index (χ1v) is 10.5. The fraction of sp³-hybridized carbons (Fsp3) is 0.417. The summed E-state index contributed by atoms with van der Waals surface area (Å²) in [4.78, 5) is 27.8. The molecular weight excluding hydrogens is 380 g/mol. The molecule has 1 heterocycles. The molecule has 6 heteroatoms. The summed E-state index contributed by atoms with van der Waals surface area (Å²) in [6.45, 7) is 4.59. The topological polar surface area (TPSA) is 70.1 Å². The van der Waals surface area contributed by atoms with Gasteiger partial charge in [-0.05, 0) is 55.2 Å². The predicted molar refractivity (Wildman–Crippen MR) is 117 cm³/mol. The summed E-state index contributed by atoms with van der Waals surface area (Å²) in [7, 11) is 1.82. The number of piperidine rings is 1. The van der Waals surface area contributed by atoms with E-state index in [1.54, 1.807) is 4.90 Å². The number of carbonyl (C=O) groups excluding carboxylic acids is 1. The van der Waals surface area contributed by atoms with Gasteiger partial charge in [0.15, 0.2) is 0 Å². The van der Waals surface area contributed by atoms with Gasteiger partial charge in [-0.15, -0.1) is 0 Å². The molecule has 0 radical (unpaired) electrons. The molecule has 0 spiro atoms. The molecule has 6 nitrogen and oxygen atoms in total. The van der Waals surface area contributed by atoms with Crippen molar-refractivity contribution in [1.82, 2.24) is 4.90 Å². The Morgan fingerprint density at radius 1 is 1.10 bits per heavy atom. The minimum atomic E-state index is -0.698. The highest BCUT2D eigenvalue weighted by molar-refractivity contribution is 5.78. The van der Waals surface area contributed by atoms with Crippen molar-refractivity contribution in [1.29, 1.82) is 0 Å². The van der Waals surface area contributed by atoms with E-state index in [1.165, 1.54) is 0 Å². The number of nitrogens with zero attached hydrogens (tertiary/aromatic N) is 2. The van der Waals surface area contributed by atoms with Crippen molar-refractivity contribution in [3.8, 4) is 5.75 Å². The molecule has 1 saturated heterocycles. The van der Waals surface area contributed by atoms with Crippen molar-refractivity contribution < 1.29 is 19.4 Å². The lowest BCUT2D eigenvalue weighted by molar-refractivity contribution is -0.142. The Morgan fingerprint density at radius 2 is 1.80 bits per heavy atom. The maximum atomic E-state index is 12.6. The van der Waals surface area contributed by atoms with Gasteiger partial charge >= 0.3 is 5.97 Å². The van der Waals surface area contributed by atoms with Crippen LogP contribution in [0.25, 0.3) is 0 Å². The van der Waals surface area contributed by atoms with Gasteiger partial charge < -0.3 is 19.6 Å². The van der Waals surface area contributed by atoms with Crippen molar-refractivity contribution in [2.75, 3.05) is 31.6 Å². The normalized spacial score (nSPS) is 14.4. The zero-order valence-electron chi connectivity index (χ0n) is 17.7. The lowest BCUT2D eigenvalue weighted by Crippen LogP contribution is -2.36. The Morgan fingerprint density at radius 3 is 2.43 bits per heavy atom. The third-order valence-electron chi connectivity index (χ3n) is 5.56. The summed E-state index contributed by atoms with van der Waals surface area (Å²) in [5, 5.41) is 9.17. The van der Waals surface area contributed by atoms with Crippen LogP contribution in [0.1, 0.15) is 30.9 Å².